The molecule has 0 aliphatic rings. The van der Waals surface area contributed by atoms with E-state index in [2.05, 4.69) is 4.98 Å². The predicted octanol–water partition coefficient (Wildman–Crippen LogP) is 1.01. The van der Waals surface area contributed by atoms with E-state index in [0.29, 0.717) is 5.69 Å². The maximum Gasteiger partial charge on any atom is 0.345 e. The van der Waals surface area contributed by atoms with Gasteiger partial charge in [0.05, 0.1) is 12.3 Å². The second-order valence-electron chi connectivity index (χ2n) is 4.18. The molecule has 0 amide bonds. The van der Waals surface area contributed by atoms with Crippen molar-refractivity contribution < 1.29 is 9.53 Å². The Morgan fingerprint density at radius 3 is 2.65 bits per heavy atom. The molecule has 0 unspecified atom stereocenters. The number of carbonyl (C=O) groups is 1. The van der Waals surface area contributed by atoms with Gasteiger partial charge in [-0.1, -0.05) is 18.2 Å². The summed E-state index contributed by atoms with van der Waals surface area (Å²) in [6, 6.07) is 7.16. The van der Waals surface area contributed by atoms with Gasteiger partial charge in [-0.2, -0.15) is 0 Å². The van der Waals surface area contributed by atoms with Crippen LogP contribution in [0.25, 0.3) is 5.69 Å². The molecule has 2 aromatic rings. The first kappa shape index (κ1) is 13.8. The molecule has 0 aliphatic heterocycles. The quantitative estimate of drug-likeness (QED) is 0.847. The number of nitrogens with one attached hydrogen (secondary N) is 1. The predicted molar refractivity (Wildman–Crippen MR) is 73.4 cm³/mol. The molecule has 1 aromatic carbocycles. The molecule has 0 saturated heterocycles. The molecular formula is C14H14N2O4. The lowest BCUT2D eigenvalue weighted by molar-refractivity contribution is 0.0523. The van der Waals surface area contributed by atoms with Crippen LogP contribution in [0.15, 0.2) is 40.1 Å². The standard InChI is InChI=1S/C14H14N2O4/c1-3-20-13(18)10-8-16(14(19)15-12(10)17)11-7-5-4-6-9(11)2/h4-8H,3H2,1-2H3,(H,15,17,19). The molecule has 1 heterocycles. The van der Waals surface area contributed by atoms with Gasteiger partial charge in [0.1, 0.15) is 5.56 Å². The average molecular weight is 274 g/mol. The third kappa shape index (κ3) is 2.54. The van der Waals surface area contributed by atoms with Crippen LogP contribution in [-0.4, -0.2) is 22.1 Å². The molecule has 0 spiro atoms. The Morgan fingerprint density at radius 1 is 1.30 bits per heavy atom. The number of carbonyl (C=O) groups excluding carboxylic acids is 1. The van der Waals surface area contributed by atoms with Crippen LogP contribution in [0.3, 0.4) is 0 Å². The van der Waals surface area contributed by atoms with Gasteiger partial charge in [-0.25, -0.2) is 9.59 Å². The third-order valence-corrected chi connectivity index (χ3v) is 2.81. The Hall–Kier alpha value is -2.63. The van der Waals surface area contributed by atoms with E-state index in [1.807, 2.05) is 19.1 Å². The van der Waals surface area contributed by atoms with Gasteiger partial charge in [-0.15, -0.1) is 0 Å². The highest BCUT2D eigenvalue weighted by Crippen LogP contribution is 2.10. The molecule has 0 bridgehead atoms. The number of esters is 1. The lowest BCUT2D eigenvalue weighted by Gasteiger charge is -2.09. The number of aromatic nitrogens is 2. The second kappa shape index (κ2) is 5.56. The zero-order chi connectivity index (χ0) is 14.7. The van der Waals surface area contributed by atoms with E-state index in [0.717, 1.165) is 5.56 Å². The number of benzene rings is 1. The van der Waals surface area contributed by atoms with Crippen LogP contribution in [0.4, 0.5) is 0 Å². The summed E-state index contributed by atoms with van der Waals surface area (Å²) in [5, 5.41) is 0. The summed E-state index contributed by atoms with van der Waals surface area (Å²) in [5.41, 5.74) is -0.110. The number of aromatic amines is 1. The largest absolute Gasteiger partial charge is 0.462 e. The Kier molecular flexibility index (Phi) is 3.84. The van der Waals surface area contributed by atoms with E-state index in [-0.39, 0.29) is 12.2 Å². The van der Waals surface area contributed by atoms with Crippen LogP contribution in [-0.2, 0) is 4.74 Å². The number of hydrogen-bond acceptors (Lipinski definition) is 4. The van der Waals surface area contributed by atoms with Crippen LogP contribution >= 0.6 is 0 Å². The summed E-state index contributed by atoms with van der Waals surface area (Å²) in [6.07, 6.45) is 1.21. The van der Waals surface area contributed by atoms with Gasteiger partial charge in [0.15, 0.2) is 0 Å². The SMILES string of the molecule is CCOC(=O)c1cn(-c2ccccc2C)c(=O)[nH]c1=O. The molecule has 0 fully saturated rings. The van der Waals surface area contributed by atoms with Gasteiger partial charge in [-0.05, 0) is 25.5 Å². The highest BCUT2D eigenvalue weighted by Gasteiger charge is 2.15. The number of rotatable bonds is 3. The third-order valence-electron chi connectivity index (χ3n) is 2.81. The second-order valence-corrected chi connectivity index (χ2v) is 4.18. The fourth-order valence-electron chi connectivity index (χ4n) is 1.84. The van der Waals surface area contributed by atoms with Crippen molar-refractivity contribution in [2.45, 2.75) is 13.8 Å². The van der Waals surface area contributed by atoms with Crippen molar-refractivity contribution in [1.82, 2.24) is 9.55 Å². The number of H-pyrrole nitrogens is 1. The summed E-state index contributed by atoms with van der Waals surface area (Å²) >= 11 is 0. The van der Waals surface area contributed by atoms with E-state index >= 15 is 0 Å². The Bertz CT molecular complexity index is 758. The zero-order valence-electron chi connectivity index (χ0n) is 11.2. The molecule has 0 radical (unpaired) electrons. The number of hydrogen-bond donors (Lipinski definition) is 1. The summed E-state index contributed by atoms with van der Waals surface area (Å²) in [5.74, 6) is -0.754. The highest BCUT2D eigenvalue weighted by atomic mass is 16.5. The molecule has 1 aromatic heterocycles. The monoisotopic (exact) mass is 274 g/mol. The minimum Gasteiger partial charge on any atom is -0.462 e. The molecule has 6 nitrogen and oxygen atoms in total. The van der Waals surface area contributed by atoms with Crippen LogP contribution in [0.1, 0.15) is 22.8 Å². The van der Waals surface area contributed by atoms with Crippen molar-refractivity contribution in [3.05, 3.63) is 62.4 Å². The van der Waals surface area contributed by atoms with E-state index in [4.69, 9.17) is 4.74 Å². The topological polar surface area (TPSA) is 81.2 Å². The molecule has 0 aliphatic carbocycles. The zero-order valence-corrected chi connectivity index (χ0v) is 11.2. The molecule has 0 atom stereocenters. The molecule has 1 N–H and O–H groups in total. The molecule has 0 saturated carbocycles. The van der Waals surface area contributed by atoms with Crippen molar-refractivity contribution >= 4 is 5.97 Å². The molecule has 6 heteroatoms. The summed E-state index contributed by atoms with van der Waals surface area (Å²) in [7, 11) is 0. The maximum atomic E-state index is 11.9. The average Bonchev–Trinajstić information content (AvgIpc) is 2.40. The summed E-state index contributed by atoms with van der Waals surface area (Å²) < 4.78 is 6.02. The van der Waals surface area contributed by atoms with Crippen molar-refractivity contribution in [3.8, 4) is 5.69 Å². The van der Waals surface area contributed by atoms with Crippen molar-refractivity contribution in [1.29, 1.82) is 0 Å². The number of ether oxygens (including phenoxy) is 1. The van der Waals surface area contributed by atoms with Gasteiger partial charge < -0.3 is 4.74 Å². The van der Waals surface area contributed by atoms with Crippen LogP contribution in [0.2, 0.25) is 0 Å². The van der Waals surface area contributed by atoms with Gasteiger partial charge in [0.2, 0.25) is 0 Å². The van der Waals surface area contributed by atoms with E-state index in [1.165, 1.54) is 10.8 Å². The van der Waals surface area contributed by atoms with Gasteiger partial charge in [-0.3, -0.25) is 14.3 Å². The van der Waals surface area contributed by atoms with Crippen molar-refractivity contribution in [3.63, 3.8) is 0 Å². The van der Waals surface area contributed by atoms with Crippen LogP contribution in [0, 0.1) is 6.92 Å². The van der Waals surface area contributed by atoms with E-state index in [1.54, 1.807) is 19.1 Å². The number of nitrogens with zero attached hydrogens (tertiary/aromatic N) is 1. The lowest BCUT2D eigenvalue weighted by atomic mass is 10.2. The lowest BCUT2D eigenvalue weighted by Crippen LogP contribution is -2.33. The van der Waals surface area contributed by atoms with Crippen LogP contribution < -0.4 is 11.2 Å². The maximum absolute atomic E-state index is 11.9. The Labute approximate surface area is 114 Å². The normalized spacial score (nSPS) is 10.3. The minimum atomic E-state index is -0.754. The number of para-hydroxylation sites is 1. The van der Waals surface area contributed by atoms with Gasteiger partial charge in [0.25, 0.3) is 5.56 Å². The highest BCUT2D eigenvalue weighted by molar-refractivity contribution is 5.88. The number of aryl methyl sites for hydroxylation is 1. The summed E-state index contributed by atoms with van der Waals surface area (Å²) in [4.78, 5) is 37.3. The fraction of sp³-hybridized carbons (Fsp3) is 0.214. The molecule has 20 heavy (non-hydrogen) atoms. The molecule has 2 rings (SSSR count). The Balaban J connectivity index is 2.64. The first-order valence-corrected chi connectivity index (χ1v) is 6.13. The van der Waals surface area contributed by atoms with Gasteiger partial charge in [0, 0.05) is 6.20 Å². The molecule has 104 valence electrons. The van der Waals surface area contributed by atoms with Gasteiger partial charge >= 0.3 is 11.7 Å². The molecular weight excluding hydrogens is 260 g/mol. The first-order valence-electron chi connectivity index (χ1n) is 6.13. The minimum absolute atomic E-state index is 0.155. The first-order chi connectivity index (χ1) is 9.54. The van der Waals surface area contributed by atoms with E-state index in [9.17, 15) is 14.4 Å². The van der Waals surface area contributed by atoms with Crippen molar-refractivity contribution in [2.75, 3.05) is 6.61 Å². The smallest absolute Gasteiger partial charge is 0.345 e. The summed E-state index contributed by atoms with van der Waals surface area (Å²) in [6.45, 7) is 3.63. The van der Waals surface area contributed by atoms with E-state index < -0.39 is 17.2 Å². The Morgan fingerprint density at radius 2 is 2.00 bits per heavy atom. The fourth-order valence-corrected chi connectivity index (χ4v) is 1.84. The van der Waals surface area contributed by atoms with Crippen molar-refractivity contribution in [2.24, 2.45) is 0 Å². The van der Waals surface area contributed by atoms with Crippen LogP contribution in [0.5, 0.6) is 0 Å².